The van der Waals surface area contributed by atoms with Gasteiger partial charge in [-0.15, -0.1) is 0 Å². The monoisotopic (exact) mass is 386 g/mol. The van der Waals surface area contributed by atoms with Gasteiger partial charge < -0.3 is 10.2 Å². The molecule has 110 valence electrons. The van der Waals surface area contributed by atoms with Gasteiger partial charge in [0, 0.05) is 28.3 Å². The maximum absolute atomic E-state index is 12.0. The van der Waals surface area contributed by atoms with Crippen LogP contribution in [0.5, 0.6) is 0 Å². The number of rotatable bonds is 5. The summed E-state index contributed by atoms with van der Waals surface area (Å²) in [7, 11) is 0. The van der Waals surface area contributed by atoms with E-state index in [0.717, 1.165) is 28.6 Å². The first-order valence-corrected chi connectivity index (χ1v) is 8.52. The van der Waals surface area contributed by atoms with Crippen LogP contribution in [-0.4, -0.2) is 36.5 Å². The molecule has 0 saturated carbocycles. The van der Waals surface area contributed by atoms with E-state index in [4.69, 9.17) is 0 Å². The minimum atomic E-state index is 0.0372. The molecule has 1 fully saturated rings. The largest absolute Gasteiger partial charge is 0.352 e. The number of benzene rings is 1. The Balaban J connectivity index is 1.69. The van der Waals surface area contributed by atoms with Crippen molar-refractivity contribution in [2.45, 2.75) is 38.6 Å². The number of carbonyl (C=O) groups is 1. The molecule has 4 heteroatoms. The number of nitrogens with zero attached hydrogens (tertiary/aromatic N) is 1. The molecular formula is C16H23IN2O. The third kappa shape index (κ3) is 4.74. The number of piperidine rings is 1. The minimum absolute atomic E-state index is 0.0372. The number of hydrogen-bond donors (Lipinski definition) is 1. The van der Waals surface area contributed by atoms with Gasteiger partial charge in [-0.3, -0.25) is 4.79 Å². The normalized spacial score (nSPS) is 19.8. The summed E-state index contributed by atoms with van der Waals surface area (Å²) in [6.07, 6.45) is 5.02. The van der Waals surface area contributed by atoms with Crippen molar-refractivity contribution in [3.63, 3.8) is 0 Å². The molecule has 0 bridgehead atoms. The second-order valence-electron chi connectivity index (χ2n) is 5.50. The van der Waals surface area contributed by atoms with Gasteiger partial charge >= 0.3 is 0 Å². The Hall–Kier alpha value is -0.620. The highest BCUT2D eigenvalue weighted by molar-refractivity contribution is 14.1. The fraction of sp³-hybridized carbons (Fsp3) is 0.562. The van der Waals surface area contributed by atoms with Crippen LogP contribution in [0.15, 0.2) is 24.3 Å². The molecule has 1 aliphatic heterocycles. The maximum Gasteiger partial charge on any atom is 0.251 e. The van der Waals surface area contributed by atoms with Crippen LogP contribution in [-0.2, 0) is 0 Å². The summed E-state index contributed by atoms with van der Waals surface area (Å²) in [5, 5.41) is 3.01. The Labute approximate surface area is 135 Å². The maximum atomic E-state index is 12.0. The van der Waals surface area contributed by atoms with Gasteiger partial charge in [0.15, 0.2) is 0 Å². The summed E-state index contributed by atoms with van der Waals surface area (Å²) in [5.74, 6) is 0.0372. The second-order valence-corrected chi connectivity index (χ2v) is 6.75. The van der Waals surface area contributed by atoms with Crippen molar-refractivity contribution in [1.29, 1.82) is 0 Å². The molecule has 0 radical (unpaired) electrons. The molecule has 1 N–H and O–H groups in total. The molecule has 0 unspecified atom stereocenters. The lowest BCUT2D eigenvalue weighted by atomic mass is 10.0. The number of amides is 1. The van der Waals surface area contributed by atoms with Crippen LogP contribution in [0.25, 0.3) is 0 Å². The van der Waals surface area contributed by atoms with Crippen LogP contribution in [0.3, 0.4) is 0 Å². The summed E-state index contributed by atoms with van der Waals surface area (Å²) < 4.78 is 1.09. The molecule has 1 saturated heterocycles. The van der Waals surface area contributed by atoms with Crippen molar-refractivity contribution >= 4 is 28.5 Å². The average Bonchev–Trinajstić information content (AvgIpc) is 2.45. The number of halogens is 1. The third-order valence-electron chi connectivity index (χ3n) is 3.94. The van der Waals surface area contributed by atoms with E-state index in [1.165, 1.54) is 25.8 Å². The van der Waals surface area contributed by atoms with Crippen LogP contribution >= 0.6 is 22.6 Å². The van der Waals surface area contributed by atoms with Gasteiger partial charge in [-0.1, -0.05) is 12.5 Å². The van der Waals surface area contributed by atoms with Crippen LogP contribution in [0.2, 0.25) is 0 Å². The number of hydrogen-bond acceptors (Lipinski definition) is 2. The van der Waals surface area contributed by atoms with E-state index in [1.54, 1.807) is 0 Å². The predicted molar refractivity (Wildman–Crippen MR) is 91.0 cm³/mol. The lowest BCUT2D eigenvalue weighted by Crippen LogP contribution is -2.39. The minimum Gasteiger partial charge on any atom is -0.352 e. The lowest BCUT2D eigenvalue weighted by Gasteiger charge is -2.33. The van der Waals surface area contributed by atoms with E-state index < -0.39 is 0 Å². The molecule has 1 amide bonds. The summed E-state index contributed by atoms with van der Waals surface area (Å²) in [4.78, 5) is 14.5. The van der Waals surface area contributed by atoms with Crippen molar-refractivity contribution in [1.82, 2.24) is 10.2 Å². The molecule has 1 heterocycles. The van der Waals surface area contributed by atoms with E-state index in [2.05, 4.69) is 39.7 Å². The van der Waals surface area contributed by atoms with E-state index in [9.17, 15) is 4.79 Å². The van der Waals surface area contributed by atoms with Crippen LogP contribution in [0.4, 0.5) is 0 Å². The van der Waals surface area contributed by atoms with Crippen LogP contribution in [0, 0.1) is 3.57 Å². The highest BCUT2D eigenvalue weighted by Crippen LogP contribution is 2.16. The smallest absolute Gasteiger partial charge is 0.251 e. The zero-order valence-corrected chi connectivity index (χ0v) is 14.2. The van der Waals surface area contributed by atoms with Gasteiger partial charge in [-0.25, -0.2) is 0 Å². The molecule has 3 nitrogen and oxygen atoms in total. The van der Waals surface area contributed by atoms with Gasteiger partial charge in [0.05, 0.1) is 0 Å². The van der Waals surface area contributed by atoms with Gasteiger partial charge in [-0.2, -0.15) is 0 Å². The molecule has 1 aliphatic rings. The van der Waals surface area contributed by atoms with E-state index in [-0.39, 0.29) is 5.91 Å². The van der Waals surface area contributed by atoms with Crippen LogP contribution in [0.1, 0.15) is 43.0 Å². The standard InChI is InChI=1S/C16H23IN2O/c1-13-6-2-3-10-19(13)11-5-9-18-16(20)14-7-4-8-15(17)12-14/h4,7-8,12-13H,2-3,5-6,9-11H2,1H3,(H,18,20)/t13-/m1/s1. The van der Waals surface area contributed by atoms with Crippen molar-refractivity contribution in [3.8, 4) is 0 Å². The Bertz CT molecular complexity index is 450. The molecule has 1 aromatic rings. The Kier molecular flexibility index (Phi) is 6.29. The van der Waals surface area contributed by atoms with E-state index >= 15 is 0 Å². The molecule has 0 aliphatic carbocycles. The van der Waals surface area contributed by atoms with E-state index in [1.807, 2.05) is 24.3 Å². The first kappa shape index (κ1) is 15.8. The van der Waals surface area contributed by atoms with Crippen molar-refractivity contribution in [2.24, 2.45) is 0 Å². The first-order valence-electron chi connectivity index (χ1n) is 7.44. The van der Waals surface area contributed by atoms with Crippen molar-refractivity contribution in [3.05, 3.63) is 33.4 Å². The zero-order chi connectivity index (χ0) is 14.4. The highest BCUT2D eigenvalue weighted by Gasteiger charge is 2.17. The zero-order valence-electron chi connectivity index (χ0n) is 12.1. The third-order valence-corrected chi connectivity index (χ3v) is 4.61. The molecule has 1 atom stereocenters. The fourth-order valence-electron chi connectivity index (χ4n) is 2.71. The molecule has 0 spiro atoms. The van der Waals surface area contributed by atoms with Crippen LogP contribution < -0.4 is 5.32 Å². The average molecular weight is 386 g/mol. The molecule has 2 rings (SSSR count). The number of carbonyl (C=O) groups excluding carboxylic acids is 1. The van der Waals surface area contributed by atoms with Crippen molar-refractivity contribution in [2.75, 3.05) is 19.6 Å². The molecule has 0 aromatic heterocycles. The van der Waals surface area contributed by atoms with Crippen molar-refractivity contribution < 1.29 is 4.79 Å². The quantitative estimate of drug-likeness (QED) is 0.622. The second kappa shape index (κ2) is 7.98. The summed E-state index contributed by atoms with van der Waals surface area (Å²) in [6.45, 7) is 5.37. The van der Waals surface area contributed by atoms with Gasteiger partial charge in [0.2, 0.25) is 0 Å². The number of likely N-dealkylation sites (tertiary alicyclic amines) is 1. The number of nitrogens with one attached hydrogen (secondary N) is 1. The van der Waals surface area contributed by atoms with E-state index in [0.29, 0.717) is 6.04 Å². The fourth-order valence-corrected chi connectivity index (χ4v) is 3.25. The summed E-state index contributed by atoms with van der Waals surface area (Å²) in [5.41, 5.74) is 0.753. The predicted octanol–water partition coefficient (Wildman–Crippen LogP) is 3.29. The Morgan fingerprint density at radius 2 is 2.30 bits per heavy atom. The Morgan fingerprint density at radius 1 is 1.45 bits per heavy atom. The topological polar surface area (TPSA) is 32.3 Å². The SMILES string of the molecule is C[C@@H]1CCCCN1CCCNC(=O)c1cccc(I)c1. The Morgan fingerprint density at radius 3 is 3.05 bits per heavy atom. The van der Waals surface area contributed by atoms with Gasteiger partial charge in [-0.05, 0) is 73.5 Å². The molecular weight excluding hydrogens is 363 g/mol. The molecule has 1 aromatic carbocycles. The first-order chi connectivity index (χ1) is 9.66. The van der Waals surface area contributed by atoms with Gasteiger partial charge in [0.1, 0.15) is 0 Å². The molecule has 20 heavy (non-hydrogen) atoms. The van der Waals surface area contributed by atoms with Gasteiger partial charge in [0.25, 0.3) is 5.91 Å². The summed E-state index contributed by atoms with van der Waals surface area (Å²) in [6, 6.07) is 8.41. The highest BCUT2D eigenvalue weighted by atomic mass is 127. The lowest BCUT2D eigenvalue weighted by molar-refractivity contribution is 0.0949. The summed E-state index contributed by atoms with van der Waals surface area (Å²) >= 11 is 2.23.